The van der Waals surface area contributed by atoms with Gasteiger partial charge in [-0.3, -0.25) is 9.67 Å². The van der Waals surface area contributed by atoms with E-state index in [2.05, 4.69) is 25.4 Å². The molecule has 0 spiro atoms. The van der Waals surface area contributed by atoms with Gasteiger partial charge in [0.25, 0.3) is 0 Å². The van der Waals surface area contributed by atoms with Crippen LogP contribution in [0.2, 0.25) is 0 Å². The number of nitrogen functional groups attached to an aromatic ring is 1. The summed E-state index contributed by atoms with van der Waals surface area (Å²) >= 11 is 0. The first-order chi connectivity index (χ1) is 12.7. The number of anilines is 3. The van der Waals surface area contributed by atoms with Gasteiger partial charge >= 0.3 is 0 Å². The van der Waals surface area contributed by atoms with Crippen LogP contribution in [0, 0.1) is 0 Å². The van der Waals surface area contributed by atoms with Gasteiger partial charge in [0, 0.05) is 43.1 Å². The second-order valence-corrected chi connectivity index (χ2v) is 5.44. The van der Waals surface area contributed by atoms with E-state index >= 15 is 0 Å². The Bertz CT molecular complexity index is 907. The highest BCUT2D eigenvalue weighted by molar-refractivity contribution is 5.63. The van der Waals surface area contributed by atoms with Crippen molar-refractivity contribution >= 4 is 17.3 Å². The fourth-order valence-corrected chi connectivity index (χ4v) is 2.16. The van der Waals surface area contributed by atoms with Crippen LogP contribution in [0.3, 0.4) is 0 Å². The minimum absolute atomic E-state index is 0.535. The molecule has 3 aromatic heterocycles. The van der Waals surface area contributed by atoms with E-state index in [0.29, 0.717) is 5.95 Å². The van der Waals surface area contributed by atoms with E-state index in [9.17, 15) is 0 Å². The van der Waals surface area contributed by atoms with Crippen molar-refractivity contribution in [2.75, 3.05) is 11.1 Å². The standard InChI is InChI=1S/C14H14N6.C5H5N/c1-20-9-12(8-17-20)18-14-16-7-6-13(19-14)10-2-4-11(15)5-3-10;1-2-4-6-5-3-1/h2-9H,15H2,1H3,(H,16,18,19);1-5H. The van der Waals surface area contributed by atoms with Gasteiger partial charge in [0.05, 0.1) is 17.6 Å². The summed E-state index contributed by atoms with van der Waals surface area (Å²) in [6.07, 6.45) is 8.80. The summed E-state index contributed by atoms with van der Waals surface area (Å²) in [6.45, 7) is 0. The number of aryl methyl sites for hydroxylation is 1. The summed E-state index contributed by atoms with van der Waals surface area (Å²) in [5.74, 6) is 0.535. The van der Waals surface area contributed by atoms with Crippen LogP contribution in [0.25, 0.3) is 11.3 Å². The van der Waals surface area contributed by atoms with Crippen molar-refractivity contribution in [3.63, 3.8) is 0 Å². The van der Waals surface area contributed by atoms with Crippen LogP contribution in [-0.4, -0.2) is 24.7 Å². The Kier molecular flexibility index (Phi) is 5.51. The van der Waals surface area contributed by atoms with Crippen molar-refractivity contribution in [2.24, 2.45) is 7.05 Å². The molecule has 4 rings (SSSR count). The van der Waals surface area contributed by atoms with Crippen LogP contribution in [0.15, 0.2) is 79.5 Å². The highest BCUT2D eigenvalue weighted by Crippen LogP contribution is 2.20. The second-order valence-electron chi connectivity index (χ2n) is 5.44. The molecule has 26 heavy (non-hydrogen) atoms. The molecule has 3 heterocycles. The molecule has 0 atom stereocenters. The molecule has 0 aliphatic heterocycles. The fourth-order valence-electron chi connectivity index (χ4n) is 2.16. The molecule has 0 amide bonds. The first-order valence-corrected chi connectivity index (χ1v) is 8.00. The number of nitrogens with zero attached hydrogens (tertiary/aromatic N) is 5. The number of benzene rings is 1. The topological polar surface area (TPSA) is 94.5 Å². The molecule has 7 heteroatoms. The minimum Gasteiger partial charge on any atom is -0.399 e. The van der Waals surface area contributed by atoms with Crippen molar-refractivity contribution in [1.82, 2.24) is 24.7 Å². The lowest BCUT2D eigenvalue weighted by Gasteiger charge is -2.05. The molecule has 4 aromatic rings. The van der Waals surface area contributed by atoms with Gasteiger partial charge in [-0.1, -0.05) is 18.2 Å². The quantitative estimate of drug-likeness (QED) is 0.553. The minimum atomic E-state index is 0.535. The van der Waals surface area contributed by atoms with Crippen LogP contribution in [-0.2, 0) is 7.05 Å². The fraction of sp³-hybridized carbons (Fsp3) is 0.0526. The zero-order valence-electron chi connectivity index (χ0n) is 14.3. The third-order valence-corrected chi connectivity index (χ3v) is 3.39. The van der Waals surface area contributed by atoms with Gasteiger partial charge in [0.1, 0.15) is 0 Å². The average Bonchev–Trinajstić information content (AvgIpc) is 3.09. The molecule has 7 nitrogen and oxygen atoms in total. The number of pyridine rings is 1. The molecule has 1 aromatic carbocycles. The summed E-state index contributed by atoms with van der Waals surface area (Å²) < 4.78 is 1.71. The summed E-state index contributed by atoms with van der Waals surface area (Å²) in [5.41, 5.74) is 9.10. The molecule has 3 N–H and O–H groups in total. The predicted molar refractivity (Wildman–Crippen MR) is 103 cm³/mol. The first kappa shape index (κ1) is 17.1. The molecule has 0 saturated carbocycles. The smallest absolute Gasteiger partial charge is 0.227 e. The van der Waals surface area contributed by atoms with Gasteiger partial charge in [-0.05, 0) is 30.3 Å². The number of hydrogen-bond acceptors (Lipinski definition) is 6. The predicted octanol–water partition coefficient (Wildman–Crippen LogP) is 3.28. The molecule has 0 unspecified atom stereocenters. The maximum absolute atomic E-state index is 5.68. The Morgan fingerprint density at radius 1 is 0.962 bits per heavy atom. The van der Waals surface area contributed by atoms with E-state index in [0.717, 1.165) is 22.6 Å². The molecule has 0 fully saturated rings. The summed E-state index contributed by atoms with van der Waals surface area (Å²) in [6, 6.07) is 15.2. The lowest BCUT2D eigenvalue weighted by molar-refractivity contribution is 0.768. The Morgan fingerprint density at radius 2 is 1.73 bits per heavy atom. The van der Waals surface area contributed by atoms with Crippen molar-refractivity contribution in [3.8, 4) is 11.3 Å². The highest BCUT2D eigenvalue weighted by Gasteiger charge is 2.03. The van der Waals surface area contributed by atoms with Crippen molar-refractivity contribution < 1.29 is 0 Å². The van der Waals surface area contributed by atoms with Gasteiger partial charge in [-0.15, -0.1) is 0 Å². The molecule has 0 radical (unpaired) electrons. The number of nitrogens with two attached hydrogens (primary N) is 1. The normalized spacial score (nSPS) is 9.88. The maximum Gasteiger partial charge on any atom is 0.227 e. The zero-order chi connectivity index (χ0) is 18.2. The van der Waals surface area contributed by atoms with Gasteiger partial charge in [0.15, 0.2) is 0 Å². The summed E-state index contributed by atoms with van der Waals surface area (Å²) in [4.78, 5) is 12.5. The van der Waals surface area contributed by atoms with E-state index in [-0.39, 0.29) is 0 Å². The SMILES string of the molecule is Cn1cc(Nc2nccc(-c3ccc(N)cc3)n2)cn1.c1ccncc1. The Morgan fingerprint density at radius 3 is 2.31 bits per heavy atom. The van der Waals surface area contributed by atoms with E-state index < -0.39 is 0 Å². The maximum atomic E-state index is 5.68. The second kappa shape index (κ2) is 8.39. The number of hydrogen-bond donors (Lipinski definition) is 2. The Hall–Kier alpha value is -3.74. The van der Waals surface area contributed by atoms with Gasteiger partial charge in [-0.2, -0.15) is 5.10 Å². The molecular formula is C19H19N7. The van der Waals surface area contributed by atoms with E-state index in [4.69, 9.17) is 5.73 Å². The highest BCUT2D eigenvalue weighted by atomic mass is 15.3. The Balaban J connectivity index is 0.000000278. The largest absolute Gasteiger partial charge is 0.399 e. The first-order valence-electron chi connectivity index (χ1n) is 8.00. The molecule has 0 saturated heterocycles. The van der Waals surface area contributed by atoms with Gasteiger partial charge < -0.3 is 11.1 Å². The zero-order valence-corrected chi connectivity index (χ0v) is 14.3. The van der Waals surface area contributed by atoms with E-state index in [1.807, 2.05) is 61.8 Å². The van der Waals surface area contributed by atoms with Crippen LogP contribution in [0.5, 0.6) is 0 Å². The monoisotopic (exact) mass is 345 g/mol. The third-order valence-electron chi connectivity index (χ3n) is 3.39. The van der Waals surface area contributed by atoms with Crippen molar-refractivity contribution in [2.45, 2.75) is 0 Å². The van der Waals surface area contributed by atoms with Crippen LogP contribution in [0.1, 0.15) is 0 Å². The summed E-state index contributed by atoms with van der Waals surface area (Å²) in [7, 11) is 1.86. The Labute approximate surface area is 151 Å². The number of nitrogens with one attached hydrogen (secondary N) is 1. The van der Waals surface area contributed by atoms with E-state index in [1.165, 1.54) is 0 Å². The molecule has 0 bridgehead atoms. The van der Waals surface area contributed by atoms with Crippen LogP contribution < -0.4 is 11.1 Å². The number of rotatable bonds is 3. The lowest BCUT2D eigenvalue weighted by atomic mass is 10.1. The van der Waals surface area contributed by atoms with Crippen molar-refractivity contribution in [3.05, 3.63) is 79.5 Å². The van der Waals surface area contributed by atoms with Crippen molar-refractivity contribution in [1.29, 1.82) is 0 Å². The molecular weight excluding hydrogens is 326 g/mol. The molecule has 0 aliphatic carbocycles. The van der Waals surface area contributed by atoms with Gasteiger partial charge in [-0.25, -0.2) is 9.97 Å². The van der Waals surface area contributed by atoms with Crippen LogP contribution in [0.4, 0.5) is 17.3 Å². The van der Waals surface area contributed by atoms with Crippen LogP contribution >= 0.6 is 0 Å². The summed E-state index contributed by atoms with van der Waals surface area (Å²) in [5, 5.41) is 7.20. The lowest BCUT2D eigenvalue weighted by Crippen LogP contribution is -1.97. The average molecular weight is 345 g/mol. The molecule has 130 valence electrons. The van der Waals surface area contributed by atoms with Gasteiger partial charge in [0.2, 0.25) is 5.95 Å². The van der Waals surface area contributed by atoms with E-state index in [1.54, 1.807) is 29.5 Å². The molecule has 0 aliphatic rings. The third kappa shape index (κ3) is 4.88. The number of aromatic nitrogens is 5.